The summed E-state index contributed by atoms with van der Waals surface area (Å²) in [5, 5.41) is 12.2. The third-order valence-electron chi connectivity index (χ3n) is 4.13. The van der Waals surface area contributed by atoms with Crippen molar-refractivity contribution in [3.8, 4) is 0 Å². The van der Waals surface area contributed by atoms with Crippen LogP contribution in [0, 0.1) is 5.92 Å². The Morgan fingerprint density at radius 2 is 2.16 bits per heavy atom. The zero-order valence-corrected chi connectivity index (χ0v) is 12.3. The maximum atomic E-state index is 12.4. The molecule has 1 saturated carbocycles. The third kappa shape index (κ3) is 2.99. The second kappa shape index (κ2) is 6.03. The van der Waals surface area contributed by atoms with Crippen LogP contribution in [0.4, 0.5) is 4.79 Å². The molecule has 1 aliphatic carbocycles. The molecule has 0 bridgehead atoms. The second-order valence-corrected chi connectivity index (χ2v) is 6.63. The molecule has 4 unspecified atom stereocenters. The maximum absolute atomic E-state index is 12.4. The minimum atomic E-state index is -0.905. The van der Waals surface area contributed by atoms with E-state index < -0.39 is 12.0 Å². The minimum absolute atomic E-state index is 0.0159. The number of hydrogen-bond acceptors (Lipinski definition) is 3. The average molecular weight is 286 g/mol. The van der Waals surface area contributed by atoms with Gasteiger partial charge in [0, 0.05) is 11.8 Å². The Kier molecular flexibility index (Phi) is 4.60. The van der Waals surface area contributed by atoms with Gasteiger partial charge in [0.25, 0.3) is 0 Å². The first-order chi connectivity index (χ1) is 9.04. The van der Waals surface area contributed by atoms with Gasteiger partial charge >= 0.3 is 12.0 Å². The van der Waals surface area contributed by atoms with Gasteiger partial charge in [-0.25, -0.2) is 9.59 Å². The van der Waals surface area contributed by atoms with Crippen molar-refractivity contribution in [3.05, 3.63) is 0 Å². The van der Waals surface area contributed by atoms with Crippen LogP contribution in [0.2, 0.25) is 0 Å². The van der Waals surface area contributed by atoms with Crippen LogP contribution in [-0.2, 0) is 4.79 Å². The lowest BCUT2D eigenvalue weighted by molar-refractivity contribution is -0.141. The number of thioether (sulfide) groups is 1. The molecule has 0 aromatic heterocycles. The molecule has 0 radical (unpaired) electrons. The normalized spacial score (nSPS) is 34.5. The Balaban J connectivity index is 2.03. The fraction of sp³-hybridized carbons (Fsp3) is 0.846. The predicted octanol–water partition coefficient (Wildman–Crippen LogP) is 2.12. The molecule has 2 N–H and O–H groups in total. The minimum Gasteiger partial charge on any atom is -0.480 e. The van der Waals surface area contributed by atoms with Crippen LogP contribution in [0.5, 0.6) is 0 Å². The number of amides is 2. The van der Waals surface area contributed by atoms with Gasteiger partial charge in [0.1, 0.15) is 6.04 Å². The van der Waals surface area contributed by atoms with E-state index in [4.69, 9.17) is 0 Å². The fourth-order valence-electron chi connectivity index (χ4n) is 2.93. The highest BCUT2D eigenvalue weighted by atomic mass is 32.2. The van der Waals surface area contributed by atoms with Gasteiger partial charge in [-0.15, -0.1) is 11.8 Å². The molecular weight excluding hydrogens is 264 g/mol. The highest BCUT2D eigenvalue weighted by Gasteiger charge is 2.41. The molecule has 0 aromatic carbocycles. The lowest BCUT2D eigenvalue weighted by Crippen LogP contribution is -2.52. The lowest BCUT2D eigenvalue weighted by Gasteiger charge is -2.29. The number of urea groups is 1. The van der Waals surface area contributed by atoms with E-state index >= 15 is 0 Å². The number of carboxylic acid groups (broad SMARTS) is 1. The Labute approximate surface area is 118 Å². The molecule has 1 aliphatic heterocycles. The molecule has 4 atom stereocenters. The number of carboxylic acids is 1. The maximum Gasteiger partial charge on any atom is 0.327 e. The summed E-state index contributed by atoms with van der Waals surface area (Å²) < 4.78 is 0. The molecular formula is C13H22N2O3S. The monoisotopic (exact) mass is 286 g/mol. The largest absolute Gasteiger partial charge is 0.480 e. The number of carbonyl (C=O) groups is 2. The SMILES string of the molecule is CCC1SCC(C(=O)O)N1C(=O)NC1CCCC1C. The number of carbonyl (C=O) groups excluding carboxylic acids is 1. The van der Waals surface area contributed by atoms with E-state index in [9.17, 15) is 14.7 Å². The highest BCUT2D eigenvalue weighted by Crippen LogP contribution is 2.32. The van der Waals surface area contributed by atoms with Crippen molar-refractivity contribution < 1.29 is 14.7 Å². The molecule has 1 heterocycles. The Morgan fingerprint density at radius 3 is 2.68 bits per heavy atom. The fourth-order valence-corrected chi connectivity index (χ4v) is 4.28. The van der Waals surface area contributed by atoms with Crippen LogP contribution in [0.15, 0.2) is 0 Å². The molecule has 2 amide bonds. The van der Waals surface area contributed by atoms with Crippen molar-refractivity contribution in [1.82, 2.24) is 10.2 Å². The van der Waals surface area contributed by atoms with E-state index in [0.717, 1.165) is 25.7 Å². The third-order valence-corrected chi connectivity index (χ3v) is 5.59. The first-order valence-corrected chi connectivity index (χ1v) is 8.02. The summed E-state index contributed by atoms with van der Waals surface area (Å²) in [6.45, 7) is 4.13. The van der Waals surface area contributed by atoms with E-state index in [1.54, 1.807) is 11.8 Å². The predicted molar refractivity (Wildman–Crippen MR) is 75.1 cm³/mol. The van der Waals surface area contributed by atoms with Gasteiger partial charge < -0.3 is 10.4 Å². The molecule has 2 aliphatic rings. The van der Waals surface area contributed by atoms with Gasteiger partial charge in [0.15, 0.2) is 0 Å². The summed E-state index contributed by atoms with van der Waals surface area (Å²) in [4.78, 5) is 25.1. The zero-order chi connectivity index (χ0) is 14.0. The Hall–Kier alpha value is -0.910. The van der Waals surface area contributed by atoms with E-state index in [1.165, 1.54) is 4.90 Å². The van der Waals surface area contributed by atoms with Gasteiger partial charge in [-0.2, -0.15) is 0 Å². The molecule has 5 nitrogen and oxygen atoms in total. The van der Waals surface area contributed by atoms with Gasteiger partial charge in [-0.05, 0) is 25.2 Å². The molecule has 1 saturated heterocycles. The number of hydrogen-bond donors (Lipinski definition) is 2. The zero-order valence-electron chi connectivity index (χ0n) is 11.5. The molecule has 19 heavy (non-hydrogen) atoms. The highest BCUT2D eigenvalue weighted by molar-refractivity contribution is 8.00. The average Bonchev–Trinajstić information content (AvgIpc) is 2.95. The summed E-state index contributed by atoms with van der Waals surface area (Å²) in [5.74, 6) is 0.0715. The van der Waals surface area contributed by atoms with Crippen LogP contribution in [0.25, 0.3) is 0 Å². The topological polar surface area (TPSA) is 69.6 Å². The smallest absolute Gasteiger partial charge is 0.327 e. The van der Waals surface area contributed by atoms with Crippen LogP contribution >= 0.6 is 11.8 Å². The van der Waals surface area contributed by atoms with Gasteiger partial charge in [-0.1, -0.05) is 20.3 Å². The van der Waals surface area contributed by atoms with Crippen LogP contribution in [0.1, 0.15) is 39.5 Å². The van der Waals surface area contributed by atoms with E-state index in [-0.39, 0.29) is 17.4 Å². The summed E-state index contributed by atoms with van der Waals surface area (Å²) in [6, 6.07) is -0.695. The van der Waals surface area contributed by atoms with Crippen LogP contribution < -0.4 is 5.32 Å². The van der Waals surface area contributed by atoms with Crippen molar-refractivity contribution in [3.63, 3.8) is 0 Å². The Bertz CT molecular complexity index is 364. The van der Waals surface area contributed by atoms with Crippen molar-refractivity contribution in [2.75, 3.05) is 5.75 Å². The number of nitrogens with zero attached hydrogens (tertiary/aromatic N) is 1. The first kappa shape index (κ1) is 14.5. The summed E-state index contributed by atoms with van der Waals surface area (Å²) in [6.07, 6.45) is 4.06. The number of rotatable bonds is 3. The van der Waals surface area contributed by atoms with Crippen LogP contribution in [0.3, 0.4) is 0 Å². The van der Waals surface area contributed by atoms with E-state index in [1.807, 2.05) is 6.92 Å². The standard InChI is InChI=1S/C13H22N2O3S/c1-3-11-15(10(7-19-11)12(16)17)13(18)14-9-6-4-5-8(9)2/h8-11H,3-7H2,1-2H3,(H,14,18)(H,16,17). The molecule has 2 rings (SSSR count). The summed E-state index contributed by atoms with van der Waals surface area (Å²) >= 11 is 1.56. The number of nitrogens with one attached hydrogen (secondary N) is 1. The molecule has 2 fully saturated rings. The van der Waals surface area contributed by atoms with Crippen molar-refractivity contribution >= 4 is 23.8 Å². The van der Waals surface area contributed by atoms with Crippen LogP contribution in [-0.4, -0.2) is 45.2 Å². The van der Waals surface area contributed by atoms with Gasteiger partial charge in [0.05, 0.1) is 5.37 Å². The first-order valence-electron chi connectivity index (χ1n) is 6.97. The van der Waals surface area contributed by atoms with Crippen molar-refractivity contribution in [1.29, 1.82) is 0 Å². The molecule has 6 heteroatoms. The molecule has 0 spiro atoms. The summed E-state index contributed by atoms with van der Waals surface area (Å²) in [7, 11) is 0. The van der Waals surface area contributed by atoms with Crippen molar-refractivity contribution in [2.45, 2.75) is 57.0 Å². The molecule has 0 aromatic rings. The number of aliphatic carboxylic acids is 1. The van der Waals surface area contributed by atoms with E-state index in [2.05, 4.69) is 12.2 Å². The Morgan fingerprint density at radius 1 is 1.42 bits per heavy atom. The summed E-state index contributed by atoms with van der Waals surface area (Å²) in [5.41, 5.74) is 0. The lowest BCUT2D eigenvalue weighted by atomic mass is 10.1. The van der Waals surface area contributed by atoms with E-state index in [0.29, 0.717) is 11.7 Å². The van der Waals surface area contributed by atoms with Gasteiger partial charge in [0.2, 0.25) is 0 Å². The second-order valence-electron chi connectivity index (χ2n) is 5.42. The molecule has 108 valence electrons. The van der Waals surface area contributed by atoms with Gasteiger partial charge in [-0.3, -0.25) is 4.90 Å². The van der Waals surface area contributed by atoms with Crippen molar-refractivity contribution in [2.24, 2.45) is 5.92 Å². The quantitative estimate of drug-likeness (QED) is 0.834.